The molecule has 0 radical (unpaired) electrons. The maximum Gasteiger partial charge on any atom is 0.108 e. The van der Waals surface area contributed by atoms with Crippen molar-refractivity contribution >= 4 is 5.84 Å². The number of aliphatic imine (C=N–C) groups is 1. The Bertz CT molecular complexity index is 912. The van der Waals surface area contributed by atoms with Gasteiger partial charge in [-0.25, -0.2) is 0 Å². The molecule has 5 rings (SSSR count). The van der Waals surface area contributed by atoms with Crippen LogP contribution in [-0.2, 0) is 5.41 Å². The lowest BCUT2D eigenvalue weighted by atomic mass is 9.93. The fourth-order valence-corrected chi connectivity index (χ4v) is 4.13. The van der Waals surface area contributed by atoms with Crippen molar-refractivity contribution in [3.05, 3.63) is 108 Å². The van der Waals surface area contributed by atoms with E-state index in [9.17, 15) is 0 Å². The summed E-state index contributed by atoms with van der Waals surface area (Å²) >= 11 is 0. The molecule has 1 saturated carbocycles. The molecule has 26 heavy (non-hydrogen) atoms. The Balaban J connectivity index is 1.56. The first-order valence-corrected chi connectivity index (χ1v) is 9.37. The summed E-state index contributed by atoms with van der Waals surface area (Å²) in [5, 5.41) is 3.81. The van der Waals surface area contributed by atoms with Crippen molar-refractivity contribution in [1.82, 2.24) is 5.32 Å². The Kier molecular flexibility index (Phi) is 3.63. The summed E-state index contributed by atoms with van der Waals surface area (Å²) in [4.78, 5) is 5.23. The molecule has 2 unspecified atom stereocenters. The van der Waals surface area contributed by atoms with Crippen LogP contribution in [-0.4, -0.2) is 5.84 Å². The zero-order chi connectivity index (χ0) is 17.4. The second-order valence-corrected chi connectivity index (χ2v) is 7.31. The van der Waals surface area contributed by atoms with Gasteiger partial charge in [0.15, 0.2) is 0 Å². The third-order valence-electron chi connectivity index (χ3n) is 5.71. The number of rotatable bonds is 4. The Labute approximate surface area is 154 Å². The van der Waals surface area contributed by atoms with Gasteiger partial charge in [-0.2, -0.15) is 0 Å². The lowest BCUT2D eigenvalue weighted by Crippen LogP contribution is -2.33. The Morgan fingerprint density at radius 2 is 1.23 bits per heavy atom. The molecule has 2 nitrogen and oxygen atoms in total. The van der Waals surface area contributed by atoms with Gasteiger partial charge < -0.3 is 5.32 Å². The second kappa shape index (κ2) is 6.14. The molecule has 2 heteroatoms. The third-order valence-corrected chi connectivity index (χ3v) is 5.71. The minimum Gasteiger partial charge on any atom is -0.364 e. The first kappa shape index (κ1) is 15.4. The molecule has 0 amide bonds. The van der Waals surface area contributed by atoms with E-state index >= 15 is 0 Å². The zero-order valence-corrected chi connectivity index (χ0v) is 14.7. The molecule has 3 aromatic rings. The highest BCUT2D eigenvalue weighted by Gasteiger charge is 2.52. The molecule has 1 aliphatic heterocycles. The third kappa shape index (κ3) is 2.53. The molecule has 1 fully saturated rings. The number of hydrogen-bond acceptors (Lipinski definition) is 2. The van der Waals surface area contributed by atoms with E-state index in [2.05, 4.69) is 96.3 Å². The van der Waals surface area contributed by atoms with Gasteiger partial charge in [0.2, 0.25) is 0 Å². The van der Waals surface area contributed by atoms with Crippen LogP contribution in [0.2, 0.25) is 0 Å². The van der Waals surface area contributed by atoms with Crippen LogP contribution < -0.4 is 5.32 Å². The SMILES string of the molecule is c1ccc(C2N=C(C3(c4ccccc4)CC3)NC2c2ccccc2)cc1. The molecule has 0 spiro atoms. The van der Waals surface area contributed by atoms with E-state index in [1.807, 2.05) is 0 Å². The van der Waals surface area contributed by atoms with E-state index in [0.29, 0.717) is 0 Å². The standard InChI is InChI=1S/C24H22N2/c1-4-10-18(11-5-1)21-22(19-12-6-2-7-13-19)26-23(25-21)24(16-17-24)20-14-8-3-9-15-20/h1-15,21-22H,16-17H2,(H,25,26). The van der Waals surface area contributed by atoms with Crippen molar-refractivity contribution in [2.45, 2.75) is 30.3 Å². The summed E-state index contributed by atoms with van der Waals surface area (Å²) in [6.45, 7) is 0. The van der Waals surface area contributed by atoms with Gasteiger partial charge >= 0.3 is 0 Å². The number of hydrogen-bond donors (Lipinski definition) is 1. The van der Waals surface area contributed by atoms with Crippen LogP contribution in [0, 0.1) is 0 Å². The highest BCUT2D eigenvalue weighted by atomic mass is 15.2. The number of nitrogens with one attached hydrogen (secondary N) is 1. The second-order valence-electron chi connectivity index (χ2n) is 7.31. The molecule has 1 heterocycles. The lowest BCUT2D eigenvalue weighted by Gasteiger charge is -2.21. The van der Waals surface area contributed by atoms with E-state index in [1.165, 1.54) is 29.5 Å². The van der Waals surface area contributed by atoms with Crippen molar-refractivity contribution in [1.29, 1.82) is 0 Å². The molecular formula is C24H22N2. The summed E-state index contributed by atoms with van der Waals surface area (Å²) in [7, 11) is 0. The number of benzene rings is 3. The first-order valence-electron chi connectivity index (χ1n) is 9.37. The maximum atomic E-state index is 5.23. The quantitative estimate of drug-likeness (QED) is 0.694. The molecule has 0 aromatic heterocycles. The van der Waals surface area contributed by atoms with Gasteiger partial charge in [0.1, 0.15) is 11.9 Å². The molecule has 0 bridgehead atoms. The van der Waals surface area contributed by atoms with Gasteiger partial charge in [0, 0.05) is 0 Å². The van der Waals surface area contributed by atoms with Crippen LogP contribution in [0.4, 0.5) is 0 Å². The summed E-state index contributed by atoms with van der Waals surface area (Å²) < 4.78 is 0. The minimum atomic E-state index is 0.0812. The van der Waals surface area contributed by atoms with Crippen molar-refractivity contribution in [2.24, 2.45) is 4.99 Å². The smallest absolute Gasteiger partial charge is 0.108 e. The number of amidine groups is 1. The van der Waals surface area contributed by atoms with Crippen LogP contribution in [0.15, 0.2) is 96.0 Å². The monoisotopic (exact) mass is 338 g/mol. The zero-order valence-electron chi connectivity index (χ0n) is 14.7. The van der Waals surface area contributed by atoms with Gasteiger partial charge in [-0.3, -0.25) is 4.99 Å². The summed E-state index contributed by atoms with van der Waals surface area (Å²) in [6.07, 6.45) is 2.34. The predicted octanol–water partition coefficient (Wildman–Crippen LogP) is 5.20. The van der Waals surface area contributed by atoms with Crippen LogP contribution in [0.1, 0.15) is 41.6 Å². The van der Waals surface area contributed by atoms with Gasteiger partial charge in [0.05, 0.1) is 11.5 Å². The Morgan fingerprint density at radius 3 is 1.81 bits per heavy atom. The van der Waals surface area contributed by atoms with Gasteiger partial charge in [0.25, 0.3) is 0 Å². The van der Waals surface area contributed by atoms with E-state index in [1.54, 1.807) is 0 Å². The van der Waals surface area contributed by atoms with Crippen LogP contribution >= 0.6 is 0 Å². The average Bonchev–Trinajstić information content (AvgIpc) is 3.42. The van der Waals surface area contributed by atoms with Crippen molar-refractivity contribution in [3.8, 4) is 0 Å². The van der Waals surface area contributed by atoms with Gasteiger partial charge in [-0.05, 0) is 29.5 Å². The maximum absolute atomic E-state index is 5.23. The molecule has 2 atom stereocenters. The topological polar surface area (TPSA) is 24.4 Å². The minimum absolute atomic E-state index is 0.0812. The van der Waals surface area contributed by atoms with E-state index in [4.69, 9.17) is 4.99 Å². The predicted molar refractivity (Wildman–Crippen MR) is 106 cm³/mol. The van der Waals surface area contributed by atoms with E-state index < -0.39 is 0 Å². The summed E-state index contributed by atoms with van der Waals surface area (Å²) in [6, 6.07) is 32.5. The van der Waals surface area contributed by atoms with Gasteiger partial charge in [-0.1, -0.05) is 91.0 Å². The fourth-order valence-electron chi connectivity index (χ4n) is 4.13. The summed E-state index contributed by atoms with van der Waals surface area (Å²) in [5.74, 6) is 1.16. The number of nitrogens with zero attached hydrogens (tertiary/aromatic N) is 1. The van der Waals surface area contributed by atoms with Crippen molar-refractivity contribution in [2.75, 3.05) is 0 Å². The highest BCUT2D eigenvalue weighted by molar-refractivity contribution is 5.97. The molecule has 0 saturated heterocycles. The first-order chi connectivity index (χ1) is 12.9. The van der Waals surface area contributed by atoms with Crippen molar-refractivity contribution < 1.29 is 0 Å². The molecule has 128 valence electrons. The Morgan fingerprint density at radius 1 is 0.692 bits per heavy atom. The molecule has 2 aliphatic rings. The highest BCUT2D eigenvalue weighted by Crippen LogP contribution is 2.52. The molecule has 1 aliphatic carbocycles. The van der Waals surface area contributed by atoms with E-state index in [0.717, 1.165) is 5.84 Å². The molecule has 3 aromatic carbocycles. The van der Waals surface area contributed by atoms with Crippen LogP contribution in [0.5, 0.6) is 0 Å². The van der Waals surface area contributed by atoms with Crippen LogP contribution in [0.3, 0.4) is 0 Å². The fraction of sp³-hybridized carbons (Fsp3) is 0.208. The van der Waals surface area contributed by atoms with Crippen molar-refractivity contribution in [3.63, 3.8) is 0 Å². The van der Waals surface area contributed by atoms with Gasteiger partial charge in [-0.15, -0.1) is 0 Å². The largest absolute Gasteiger partial charge is 0.364 e. The summed E-state index contributed by atoms with van der Waals surface area (Å²) in [5.41, 5.74) is 4.03. The molecule has 1 N–H and O–H groups in total. The van der Waals surface area contributed by atoms with Crippen LogP contribution in [0.25, 0.3) is 0 Å². The average molecular weight is 338 g/mol. The lowest BCUT2D eigenvalue weighted by molar-refractivity contribution is 0.570. The normalized spacial score (nSPS) is 23.2. The van der Waals surface area contributed by atoms with E-state index in [-0.39, 0.29) is 17.5 Å². The molecular weight excluding hydrogens is 316 g/mol. The Hall–Kier alpha value is -2.87.